The number of likely N-dealkylation sites (tertiary alicyclic amines) is 1. The van der Waals surface area contributed by atoms with E-state index < -0.39 is 0 Å². The van der Waals surface area contributed by atoms with Gasteiger partial charge < -0.3 is 15.0 Å². The lowest BCUT2D eigenvalue weighted by molar-refractivity contribution is 0.113. The summed E-state index contributed by atoms with van der Waals surface area (Å²) in [6.07, 6.45) is 3.82. The predicted molar refractivity (Wildman–Crippen MR) is 52.9 cm³/mol. The second-order valence-electron chi connectivity index (χ2n) is 4.60. The van der Waals surface area contributed by atoms with Crippen molar-refractivity contribution in [3.05, 3.63) is 0 Å². The van der Waals surface area contributed by atoms with E-state index in [0.29, 0.717) is 5.54 Å². The Bertz CT molecular complexity index is 186. The van der Waals surface area contributed by atoms with Crippen LogP contribution in [0.15, 0.2) is 0 Å². The van der Waals surface area contributed by atoms with E-state index in [-0.39, 0.29) is 0 Å². The second kappa shape index (κ2) is 3.56. The number of methoxy groups -OCH3 is 1. The molecule has 3 nitrogen and oxygen atoms in total. The Hall–Kier alpha value is -0.120. The Morgan fingerprint density at radius 1 is 1.62 bits per heavy atom. The Morgan fingerprint density at radius 2 is 2.46 bits per heavy atom. The molecule has 0 amide bonds. The van der Waals surface area contributed by atoms with Gasteiger partial charge in [-0.25, -0.2) is 0 Å². The summed E-state index contributed by atoms with van der Waals surface area (Å²) in [4.78, 5) is 2.45. The summed E-state index contributed by atoms with van der Waals surface area (Å²) in [5, 5.41) is 3.75. The molecule has 2 atom stereocenters. The minimum absolute atomic E-state index is 0.369. The molecule has 0 aromatic heterocycles. The van der Waals surface area contributed by atoms with Crippen molar-refractivity contribution in [1.29, 1.82) is 0 Å². The smallest absolute Gasteiger partial charge is 0.0480 e. The van der Waals surface area contributed by atoms with E-state index in [1.165, 1.54) is 25.9 Å². The highest BCUT2D eigenvalue weighted by atomic mass is 16.5. The van der Waals surface area contributed by atoms with Crippen LogP contribution < -0.4 is 5.32 Å². The molecule has 0 saturated carbocycles. The van der Waals surface area contributed by atoms with Crippen LogP contribution in [0.4, 0.5) is 0 Å². The summed E-state index contributed by atoms with van der Waals surface area (Å²) in [6.45, 7) is 3.29. The zero-order valence-corrected chi connectivity index (χ0v) is 8.68. The van der Waals surface area contributed by atoms with Crippen LogP contribution in [0, 0.1) is 0 Å². The third-order valence-corrected chi connectivity index (χ3v) is 3.37. The maximum absolute atomic E-state index is 5.17. The van der Waals surface area contributed by atoms with Crippen LogP contribution in [0.3, 0.4) is 0 Å². The van der Waals surface area contributed by atoms with Crippen molar-refractivity contribution in [2.75, 3.05) is 33.9 Å². The second-order valence-corrected chi connectivity index (χ2v) is 4.60. The minimum atomic E-state index is 0.369. The Kier molecular flexibility index (Phi) is 2.58. The third kappa shape index (κ3) is 1.87. The molecule has 2 aliphatic rings. The normalized spacial score (nSPS) is 39.7. The molecule has 3 heteroatoms. The summed E-state index contributed by atoms with van der Waals surface area (Å²) in [6, 6.07) is 0.732. The van der Waals surface area contributed by atoms with Crippen LogP contribution in [0.1, 0.15) is 19.3 Å². The summed E-state index contributed by atoms with van der Waals surface area (Å²) in [5.41, 5.74) is 0.369. The molecule has 0 aromatic carbocycles. The summed E-state index contributed by atoms with van der Waals surface area (Å²) in [7, 11) is 4.01. The van der Waals surface area contributed by atoms with Crippen LogP contribution in [0.2, 0.25) is 0 Å². The van der Waals surface area contributed by atoms with Crippen molar-refractivity contribution in [3.8, 4) is 0 Å². The maximum atomic E-state index is 5.17. The topological polar surface area (TPSA) is 24.5 Å². The van der Waals surface area contributed by atoms with Gasteiger partial charge in [0.05, 0.1) is 0 Å². The quantitative estimate of drug-likeness (QED) is 0.689. The highest BCUT2D eigenvalue weighted by Crippen LogP contribution is 2.31. The van der Waals surface area contributed by atoms with Gasteiger partial charge in [-0.1, -0.05) is 0 Å². The van der Waals surface area contributed by atoms with Crippen LogP contribution >= 0.6 is 0 Å². The number of ether oxygens (including phenoxy) is 1. The standard InChI is InChI=1S/C10H20N2O/c1-12-7-9-3-4-10(8-12,11-9)5-6-13-2/h9,11H,3-8H2,1-2H3. The Balaban J connectivity index is 1.96. The zero-order valence-electron chi connectivity index (χ0n) is 8.68. The molecule has 2 aliphatic heterocycles. The van der Waals surface area contributed by atoms with Gasteiger partial charge in [-0.05, 0) is 26.3 Å². The number of hydrogen-bond acceptors (Lipinski definition) is 3. The predicted octanol–water partition coefficient (Wildman–Crippen LogP) is 0.459. The van der Waals surface area contributed by atoms with E-state index in [4.69, 9.17) is 4.74 Å². The molecule has 1 N–H and O–H groups in total. The molecule has 2 rings (SSSR count). The van der Waals surface area contributed by atoms with Gasteiger partial charge in [0.1, 0.15) is 0 Å². The number of fused-ring (bicyclic) bond motifs is 2. The van der Waals surface area contributed by atoms with Crippen LogP contribution in [0.25, 0.3) is 0 Å². The van der Waals surface area contributed by atoms with Crippen molar-refractivity contribution in [3.63, 3.8) is 0 Å². The molecule has 0 radical (unpaired) electrons. The molecule has 13 heavy (non-hydrogen) atoms. The third-order valence-electron chi connectivity index (χ3n) is 3.37. The highest BCUT2D eigenvalue weighted by Gasteiger charge is 2.42. The molecule has 2 unspecified atom stereocenters. The first-order chi connectivity index (χ1) is 6.24. The number of nitrogens with one attached hydrogen (secondary N) is 1. The molecule has 2 saturated heterocycles. The lowest BCUT2D eigenvalue weighted by Crippen LogP contribution is -2.58. The van der Waals surface area contributed by atoms with Crippen molar-refractivity contribution in [1.82, 2.24) is 10.2 Å². The first-order valence-electron chi connectivity index (χ1n) is 5.19. The molecule has 2 fully saturated rings. The van der Waals surface area contributed by atoms with E-state index in [2.05, 4.69) is 17.3 Å². The van der Waals surface area contributed by atoms with Crippen LogP contribution in [0.5, 0.6) is 0 Å². The number of rotatable bonds is 3. The van der Waals surface area contributed by atoms with E-state index in [1.807, 2.05) is 0 Å². The maximum Gasteiger partial charge on any atom is 0.0480 e. The molecule has 0 spiro atoms. The average molecular weight is 184 g/mol. The fraction of sp³-hybridized carbons (Fsp3) is 1.00. The molecule has 0 aromatic rings. The number of piperazine rings is 1. The molecule has 0 aliphatic carbocycles. The SMILES string of the molecule is COCCC12CCC(CN(C)C1)N2. The lowest BCUT2D eigenvalue weighted by Gasteiger charge is -2.39. The molecular formula is C10H20N2O. The van der Waals surface area contributed by atoms with E-state index in [1.54, 1.807) is 7.11 Å². The molecule has 2 heterocycles. The molecule has 76 valence electrons. The molecule has 2 bridgehead atoms. The van der Waals surface area contributed by atoms with Gasteiger partial charge >= 0.3 is 0 Å². The van der Waals surface area contributed by atoms with Crippen LogP contribution in [-0.4, -0.2) is 50.3 Å². The van der Waals surface area contributed by atoms with Gasteiger partial charge in [0.25, 0.3) is 0 Å². The number of likely N-dealkylation sites (N-methyl/N-ethyl adjacent to an activating group) is 1. The molecular weight excluding hydrogens is 164 g/mol. The van der Waals surface area contributed by atoms with Crippen molar-refractivity contribution in [2.45, 2.75) is 30.8 Å². The van der Waals surface area contributed by atoms with Gasteiger partial charge in [0, 0.05) is 38.4 Å². The number of hydrogen-bond donors (Lipinski definition) is 1. The largest absolute Gasteiger partial charge is 0.385 e. The van der Waals surface area contributed by atoms with Gasteiger partial charge in [-0.2, -0.15) is 0 Å². The van der Waals surface area contributed by atoms with Crippen LogP contribution in [-0.2, 0) is 4.74 Å². The van der Waals surface area contributed by atoms with Crippen molar-refractivity contribution in [2.24, 2.45) is 0 Å². The van der Waals surface area contributed by atoms with E-state index in [0.717, 1.165) is 19.1 Å². The van der Waals surface area contributed by atoms with Gasteiger partial charge in [0.2, 0.25) is 0 Å². The average Bonchev–Trinajstić information content (AvgIpc) is 2.40. The van der Waals surface area contributed by atoms with Gasteiger partial charge in [0.15, 0.2) is 0 Å². The van der Waals surface area contributed by atoms with Crippen molar-refractivity contribution >= 4 is 0 Å². The fourth-order valence-electron chi connectivity index (χ4n) is 2.82. The van der Waals surface area contributed by atoms with Crippen molar-refractivity contribution < 1.29 is 4.74 Å². The zero-order chi connectivity index (χ0) is 9.31. The Labute approximate surface area is 80.4 Å². The summed E-state index contributed by atoms with van der Waals surface area (Å²) < 4.78 is 5.17. The van der Waals surface area contributed by atoms with Gasteiger partial charge in [-0.3, -0.25) is 0 Å². The first-order valence-corrected chi connectivity index (χ1v) is 5.19. The summed E-state index contributed by atoms with van der Waals surface area (Å²) >= 11 is 0. The highest BCUT2D eigenvalue weighted by molar-refractivity contribution is 5.03. The summed E-state index contributed by atoms with van der Waals surface area (Å²) in [5.74, 6) is 0. The first kappa shape index (κ1) is 9.44. The van der Waals surface area contributed by atoms with Gasteiger partial charge in [-0.15, -0.1) is 0 Å². The Morgan fingerprint density at radius 3 is 3.23 bits per heavy atom. The minimum Gasteiger partial charge on any atom is -0.385 e. The lowest BCUT2D eigenvalue weighted by atomic mass is 9.93. The van der Waals surface area contributed by atoms with E-state index in [9.17, 15) is 0 Å². The van der Waals surface area contributed by atoms with E-state index >= 15 is 0 Å². The fourth-order valence-corrected chi connectivity index (χ4v) is 2.82. The monoisotopic (exact) mass is 184 g/mol. The number of nitrogens with zero attached hydrogens (tertiary/aromatic N) is 1.